The van der Waals surface area contributed by atoms with Gasteiger partial charge in [0.2, 0.25) is 0 Å². The molecule has 0 fully saturated rings. The maximum atomic E-state index is 11.7. The number of hydrogen-bond acceptors (Lipinski definition) is 4. The minimum atomic E-state index is -2.47. The lowest BCUT2D eigenvalue weighted by Crippen LogP contribution is -2.29. The van der Waals surface area contributed by atoms with E-state index < -0.39 is 16.8 Å². The second kappa shape index (κ2) is 7.27. The SMILES string of the molecule is Nc1ccc(C2(c3ccc(N)cc3)c3ccccc3-c3cccc(OS(=O)O)c32)cc1. The van der Waals surface area contributed by atoms with Gasteiger partial charge in [0.15, 0.2) is 0 Å². The molecule has 0 spiro atoms. The monoisotopic (exact) mass is 428 g/mol. The first-order valence-corrected chi connectivity index (χ1v) is 10.8. The van der Waals surface area contributed by atoms with Gasteiger partial charge in [-0.3, -0.25) is 4.55 Å². The van der Waals surface area contributed by atoms with Crippen molar-refractivity contribution < 1.29 is 12.9 Å². The van der Waals surface area contributed by atoms with E-state index in [4.69, 9.17) is 15.7 Å². The Labute approximate surface area is 182 Å². The van der Waals surface area contributed by atoms with E-state index in [-0.39, 0.29) is 0 Å². The molecule has 0 heterocycles. The van der Waals surface area contributed by atoms with E-state index in [0.29, 0.717) is 17.1 Å². The van der Waals surface area contributed by atoms with Crippen LogP contribution in [0, 0.1) is 0 Å². The molecule has 0 aliphatic heterocycles. The van der Waals surface area contributed by atoms with Gasteiger partial charge >= 0.3 is 11.4 Å². The zero-order chi connectivity index (χ0) is 21.6. The summed E-state index contributed by atoms with van der Waals surface area (Å²) in [4.78, 5) is 0. The minimum Gasteiger partial charge on any atom is -0.399 e. The molecule has 5 nitrogen and oxygen atoms in total. The molecular formula is C25H20N2O3S. The summed E-state index contributed by atoms with van der Waals surface area (Å²) < 4.78 is 26.6. The molecule has 1 atom stereocenters. The highest BCUT2D eigenvalue weighted by Gasteiger charge is 2.48. The molecule has 31 heavy (non-hydrogen) atoms. The first kappa shape index (κ1) is 19.4. The van der Waals surface area contributed by atoms with Crippen molar-refractivity contribution in [3.05, 3.63) is 113 Å². The Morgan fingerprint density at radius 3 is 1.84 bits per heavy atom. The van der Waals surface area contributed by atoms with Gasteiger partial charge in [-0.05, 0) is 58.1 Å². The van der Waals surface area contributed by atoms with Crippen LogP contribution in [0.3, 0.4) is 0 Å². The number of nitrogen functional groups attached to an aromatic ring is 2. The standard InChI is InChI=1S/C25H20N2O3S/c26-18-12-8-16(9-13-18)25(17-10-14-19(27)15-11-17)22-6-2-1-4-20(22)21-5-3-7-23(24(21)25)30-31(28)29/h1-15H,26-27H2,(H,28,29). The van der Waals surface area contributed by atoms with E-state index in [2.05, 4.69) is 12.1 Å². The van der Waals surface area contributed by atoms with E-state index in [1.54, 1.807) is 6.07 Å². The second-order valence-corrected chi connectivity index (χ2v) is 8.12. The van der Waals surface area contributed by atoms with Crippen molar-refractivity contribution in [2.75, 3.05) is 11.5 Å². The lowest BCUT2D eigenvalue weighted by molar-refractivity contribution is 0.453. The van der Waals surface area contributed by atoms with Gasteiger partial charge < -0.3 is 15.7 Å². The van der Waals surface area contributed by atoms with Crippen molar-refractivity contribution in [1.29, 1.82) is 0 Å². The summed E-state index contributed by atoms with van der Waals surface area (Å²) in [5, 5.41) is 0. The Hall–Kier alpha value is -3.61. The van der Waals surface area contributed by atoms with Crippen molar-refractivity contribution in [3.63, 3.8) is 0 Å². The first-order valence-electron chi connectivity index (χ1n) is 9.76. The smallest absolute Gasteiger partial charge is 0.357 e. The van der Waals surface area contributed by atoms with Gasteiger partial charge in [0, 0.05) is 16.9 Å². The highest BCUT2D eigenvalue weighted by Crippen LogP contribution is 2.58. The molecule has 1 aliphatic carbocycles. The van der Waals surface area contributed by atoms with Crippen molar-refractivity contribution in [2.24, 2.45) is 0 Å². The summed E-state index contributed by atoms with van der Waals surface area (Å²) in [5.74, 6) is 0.350. The van der Waals surface area contributed by atoms with Crippen LogP contribution in [0.1, 0.15) is 22.3 Å². The van der Waals surface area contributed by atoms with Gasteiger partial charge in [-0.1, -0.05) is 60.7 Å². The van der Waals surface area contributed by atoms with Crippen LogP contribution < -0.4 is 15.7 Å². The van der Waals surface area contributed by atoms with E-state index >= 15 is 0 Å². The van der Waals surface area contributed by atoms with E-state index in [1.165, 1.54) is 0 Å². The summed E-state index contributed by atoms with van der Waals surface area (Å²) in [7, 11) is 0. The average Bonchev–Trinajstić information content (AvgIpc) is 3.07. The fourth-order valence-electron chi connectivity index (χ4n) is 4.70. The van der Waals surface area contributed by atoms with Gasteiger partial charge in [-0.15, -0.1) is 0 Å². The summed E-state index contributed by atoms with van der Waals surface area (Å²) >= 11 is -2.47. The first-order chi connectivity index (χ1) is 15.0. The quantitative estimate of drug-likeness (QED) is 0.284. The zero-order valence-electron chi connectivity index (χ0n) is 16.5. The average molecular weight is 429 g/mol. The van der Waals surface area contributed by atoms with Gasteiger partial charge in [0.1, 0.15) is 5.75 Å². The zero-order valence-corrected chi connectivity index (χ0v) is 17.3. The van der Waals surface area contributed by atoms with Gasteiger partial charge in [0.25, 0.3) is 0 Å². The second-order valence-electron chi connectivity index (χ2n) is 7.52. The highest BCUT2D eigenvalue weighted by atomic mass is 32.2. The van der Waals surface area contributed by atoms with E-state index in [1.807, 2.05) is 72.8 Å². The predicted molar refractivity (Wildman–Crippen MR) is 124 cm³/mol. The molecule has 0 aromatic heterocycles. The molecule has 0 saturated heterocycles. The summed E-state index contributed by atoms with van der Waals surface area (Å²) in [5.41, 5.74) is 18.3. The Kier molecular flexibility index (Phi) is 4.54. The summed E-state index contributed by atoms with van der Waals surface area (Å²) in [6.07, 6.45) is 0. The topological polar surface area (TPSA) is 98.6 Å². The van der Waals surface area contributed by atoms with Crippen LogP contribution >= 0.6 is 0 Å². The number of nitrogens with two attached hydrogens (primary N) is 2. The van der Waals surface area contributed by atoms with Gasteiger partial charge in [-0.2, -0.15) is 4.21 Å². The molecule has 5 N–H and O–H groups in total. The predicted octanol–water partition coefficient (Wildman–Crippen LogP) is 4.73. The van der Waals surface area contributed by atoms with Gasteiger partial charge in [-0.25, -0.2) is 0 Å². The minimum absolute atomic E-state index is 0.350. The molecule has 5 rings (SSSR count). The molecule has 4 aromatic carbocycles. The molecule has 0 saturated carbocycles. The van der Waals surface area contributed by atoms with Crippen molar-refractivity contribution in [3.8, 4) is 16.9 Å². The third-order valence-electron chi connectivity index (χ3n) is 5.87. The Morgan fingerprint density at radius 1 is 0.710 bits per heavy atom. The number of rotatable bonds is 4. The maximum absolute atomic E-state index is 11.7. The fraction of sp³-hybridized carbons (Fsp3) is 0.0400. The lowest BCUT2D eigenvalue weighted by atomic mass is 9.67. The molecule has 6 heteroatoms. The normalized spacial score (nSPS) is 14.5. The van der Waals surface area contributed by atoms with Crippen LogP contribution in [0.4, 0.5) is 11.4 Å². The largest absolute Gasteiger partial charge is 0.399 e. The van der Waals surface area contributed by atoms with Crippen LogP contribution in [0.5, 0.6) is 5.75 Å². The van der Waals surface area contributed by atoms with Crippen LogP contribution in [-0.2, 0) is 16.8 Å². The maximum Gasteiger partial charge on any atom is 0.357 e. The molecule has 4 aromatic rings. The summed E-state index contributed by atoms with van der Waals surface area (Å²) in [6, 6.07) is 29.1. The third kappa shape index (κ3) is 2.91. The van der Waals surface area contributed by atoms with Crippen molar-refractivity contribution in [1.82, 2.24) is 0 Å². The van der Waals surface area contributed by atoms with Crippen LogP contribution in [0.15, 0.2) is 91.0 Å². The lowest BCUT2D eigenvalue weighted by Gasteiger charge is -2.34. The van der Waals surface area contributed by atoms with Crippen LogP contribution in [0.25, 0.3) is 11.1 Å². The van der Waals surface area contributed by atoms with Crippen molar-refractivity contribution in [2.45, 2.75) is 5.41 Å². The molecule has 0 amide bonds. The Morgan fingerprint density at radius 2 is 1.26 bits per heavy atom. The number of anilines is 2. The molecule has 1 aliphatic rings. The fourth-order valence-corrected chi connectivity index (χ4v) is 4.99. The van der Waals surface area contributed by atoms with Crippen LogP contribution in [0.2, 0.25) is 0 Å². The molecule has 154 valence electrons. The Balaban J connectivity index is 1.96. The number of fused-ring (bicyclic) bond motifs is 3. The number of benzene rings is 4. The molecule has 1 unspecified atom stereocenters. The van der Waals surface area contributed by atoms with Crippen LogP contribution in [-0.4, -0.2) is 8.76 Å². The molecule has 0 bridgehead atoms. The van der Waals surface area contributed by atoms with Crippen molar-refractivity contribution >= 4 is 22.7 Å². The van der Waals surface area contributed by atoms with E-state index in [9.17, 15) is 8.76 Å². The number of hydrogen-bond donors (Lipinski definition) is 3. The Bertz CT molecular complexity index is 1260. The summed E-state index contributed by atoms with van der Waals surface area (Å²) in [6.45, 7) is 0. The molecule has 0 radical (unpaired) electrons. The highest BCUT2D eigenvalue weighted by molar-refractivity contribution is 7.74. The van der Waals surface area contributed by atoms with Gasteiger partial charge in [0.05, 0.1) is 5.41 Å². The third-order valence-corrected chi connectivity index (χ3v) is 6.19. The molecular weight excluding hydrogens is 408 g/mol. The van der Waals surface area contributed by atoms with E-state index in [0.717, 1.165) is 33.4 Å².